The molecule has 0 aliphatic heterocycles. The SMILES string of the molecule is CC1CCC(C(C)(O)CC=O)CC1. The van der Waals surface area contributed by atoms with Crippen LogP contribution in [0, 0.1) is 11.8 Å². The van der Waals surface area contributed by atoms with Crippen molar-refractivity contribution in [3.8, 4) is 0 Å². The van der Waals surface area contributed by atoms with Gasteiger partial charge < -0.3 is 9.90 Å². The molecule has 0 aromatic heterocycles. The monoisotopic (exact) mass is 184 g/mol. The first kappa shape index (κ1) is 10.7. The summed E-state index contributed by atoms with van der Waals surface area (Å²) in [6.45, 7) is 4.05. The van der Waals surface area contributed by atoms with E-state index in [1.54, 1.807) is 6.92 Å². The Morgan fingerprint density at radius 2 is 1.92 bits per heavy atom. The number of aliphatic hydroxyl groups is 1. The van der Waals surface area contributed by atoms with Crippen molar-refractivity contribution in [3.05, 3.63) is 0 Å². The van der Waals surface area contributed by atoms with Crippen LogP contribution in [0.25, 0.3) is 0 Å². The summed E-state index contributed by atoms with van der Waals surface area (Å²) in [6.07, 6.45) is 5.65. The molecule has 1 aliphatic rings. The largest absolute Gasteiger partial charge is 0.389 e. The van der Waals surface area contributed by atoms with Crippen LogP contribution >= 0.6 is 0 Å². The zero-order valence-corrected chi connectivity index (χ0v) is 8.62. The minimum atomic E-state index is -0.762. The highest BCUT2D eigenvalue weighted by Crippen LogP contribution is 2.36. The molecule has 0 aromatic rings. The molecule has 0 spiro atoms. The Kier molecular flexibility index (Phi) is 3.48. The summed E-state index contributed by atoms with van der Waals surface area (Å²) in [4.78, 5) is 10.4. The van der Waals surface area contributed by atoms with Crippen molar-refractivity contribution in [3.63, 3.8) is 0 Å². The molecule has 1 rings (SSSR count). The summed E-state index contributed by atoms with van der Waals surface area (Å²) in [6, 6.07) is 0. The normalized spacial score (nSPS) is 33.8. The lowest BCUT2D eigenvalue weighted by Gasteiger charge is -2.36. The maximum atomic E-state index is 10.4. The highest BCUT2D eigenvalue weighted by Gasteiger charge is 2.33. The Morgan fingerprint density at radius 1 is 1.38 bits per heavy atom. The lowest BCUT2D eigenvalue weighted by molar-refractivity contribution is -0.114. The Labute approximate surface area is 80.3 Å². The Hall–Kier alpha value is -0.370. The van der Waals surface area contributed by atoms with Gasteiger partial charge in [-0.25, -0.2) is 0 Å². The summed E-state index contributed by atoms with van der Waals surface area (Å²) in [5, 5.41) is 9.99. The van der Waals surface area contributed by atoms with Gasteiger partial charge in [-0.1, -0.05) is 19.8 Å². The van der Waals surface area contributed by atoms with Gasteiger partial charge in [0.15, 0.2) is 0 Å². The Bertz CT molecular complexity index is 167. The third kappa shape index (κ3) is 2.80. The molecule has 1 saturated carbocycles. The average molecular weight is 184 g/mol. The molecule has 1 N–H and O–H groups in total. The first-order valence-electron chi connectivity index (χ1n) is 5.22. The first-order valence-corrected chi connectivity index (χ1v) is 5.22. The van der Waals surface area contributed by atoms with Crippen molar-refractivity contribution in [2.45, 2.75) is 51.6 Å². The van der Waals surface area contributed by atoms with E-state index in [1.165, 1.54) is 12.8 Å². The van der Waals surface area contributed by atoms with E-state index < -0.39 is 5.60 Å². The molecule has 0 amide bonds. The molecule has 2 heteroatoms. The van der Waals surface area contributed by atoms with Crippen LogP contribution in [0.1, 0.15) is 46.0 Å². The Balaban J connectivity index is 2.47. The van der Waals surface area contributed by atoms with Crippen LogP contribution in [0.4, 0.5) is 0 Å². The molecule has 0 bridgehead atoms. The predicted octanol–water partition coefficient (Wildman–Crippen LogP) is 2.15. The van der Waals surface area contributed by atoms with Crippen molar-refractivity contribution < 1.29 is 9.90 Å². The second-order valence-corrected chi connectivity index (χ2v) is 4.68. The third-order valence-electron chi connectivity index (χ3n) is 3.39. The average Bonchev–Trinajstić information content (AvgIpc) is 2.05. The van der Waals surface area contributed by atoms with Crippen molar-refractivity contribution >= 4 is 6.29 Å². The lowest BCUT2D eigenvalue weighted by Crippen LogP contribution is -2.37. The number of hydrogen-bond acceptors (Lipinski definition) is 2. The van der Waals surface area contributed by atoms with Crippen LogP contribution < -0.4 is 0 Å². The number of rotatable bonds is 3. The van der Waals surface area contributed by atoms with Gasteiger partial charge in [0.05, 0.1) is 5.60 Å². The molecule has 0 aromatic carbocycles. The van der Waals surface area contributed by atoms with Crippen molar-refractivity contribution in [1.82, 2.24) is 0 Å². The molecule has 1 unspecified atom stereocenters. The topological polar surface area (TPSA) is 37.3 Å². The fraction of sp³-hybridized carbons (Fsp3) is 0.909. The second kappa shape index (κ2) is 4.23. The van der Waals surface area contributed by atoms with Gasteiger partial charge in [-0.15, -0.1) is 0 Å². The van der Waals surface area contributed by atoms with E-state index in [0.29, 0.717) is 5.92 Å². The highest BCUT2D eigenvalue weighted by molar-refractivity contribution is 5.51. The van der Waals surface area contributed by atoms with Crippen molar-refractivity contribution in [1.29, 1.82) is 0 Å². The number of aldehydes is 1. The third-order valence-corrected chi connectivity index (χ3v) is 3.39. The van der Waals surface area contributed by atoms with Crippen molar-refractivity contribution in [2.75, 3.05) is 0 Å². The fourth-order valence-electron chi connectivity index (χ4n) is 2.22. The minimum absolute atomic E-state index is 0.284. The molecule has 76 valence electrons. The maximum Gasteiger partial charge on any atom is 0.122 e. The zero-order chi connectivity index (χ0) is 9.90. The van der Waals surface area contributed by atoms with Gasteiger partial charge in [-0.3, -0.25) is 0 Å². The summed E-state index contributed by atoms with van der Waals surface area (Å²) in [5.74, 6) is 1.12. The van der Waals surface area contributed by atoms with Gasteiger partial charge in [0.2, 0.25) is 0 Å². The molecule has 2 nitrogen and oxygen atoms in total. The Morgan fingerprint density at radius 3 is 2.38 bits per heavy atom. The molecule has 13 heavy (non-hydrogen) atoms. The molecule has 0 radical (unpaired) electrons. The number of carbonyl (C=O) groups excluding carboxylic acids is 1. The van der Waals surface area contributed by atoms with Crippen LogP contribution in [0.2, 0.25) is 0 Å². The summed E-state index contributed by atoms with van der Waals surface area (Å²) < 4.78 is 0. The van der Waals surface area contributed by atoms with Gasteiger partial charge in [0.25, 0.3) is 0 Å². The second-order valence-electron chi connectivity index (χ2n) is 4.68. The van der Waals surface area contributed by atoms with E-state index in [-0.39, 0.29) is 6.42 Å². The van der Waals surface area contributed by atoms with Gasteiger partial charge in [-0.05, 0) is 31.6 Å². The zero-order valence-electron chi connectivity index (χ0n) is 8.62. The molecule has 1 atom stereocenters. The number of carbonyl (C=O) groups is 1. The van der Waals surface area contributed by atoms with Gasteiger partial charge in [-0.2, -0.15) is 0 Å². The molecule has 1 fully saturated rings. The standard InChI is InChI=1S/C11H20O2/c1-9-3-5-10(6-4-9)11(2,13)7-8-12/h8-10,13H,3-7H2,1-2H3. The summed E-state index contributed by atoms with van der Waals surface area (Å²) in [5.41, 5.74) is -0.762. The lowest BCUT2D eigenvalue weighted by atomic mass is 9.73. The van der Waals surface area contributed by atoms with E-state index in [2.05, 4.69) is 6.92 Å². The minimum Gasteiger partial charge on any atom is -0.389 e. The fourth-order valence-corrected chi connectivity index (χ4v) is 2.22. The van der Waals surface area contributed by atoms with Crippen molar-refractivity contribution in [2.24, 2.45) is 11.8 Å². The summed E-state index contributed by atoms with van der Waals surface area (Å²) in [7, 11) is 0. The predicted molar refractivity (Wildman–Crippen MR) is 52.4 cm³/mol. The van der Waals surface area contributed by atoms with Crippen LogP contribution in [0.5, 0.6) is 0 Å². The van der Waals surface area contributed by atoms with E-state index in [4.69, 9.17) is 0 Å². The maximum absolute atomic E-state index is 10.4. The molecular formula is C11H20O2. The highest BCUT2D eigenvalue weighted by atomic mass is 16.3. The van der Waals surface area contributed by atoms with Crippen LogP contribution in [0.15, 0.2) is 0 Å². The van der Waals surface area contributed by atoms with Gasteiger partial charge in [0.1, 0.15) is 6.29 Å². The number of hydrogen-bond donors (Lipinski definition) is 1. The van der Waals surface area contributed by atoms with E-state index in [0.717, 1.165) is 25.0 Å². The van der Waals surface area contributed by atoms with E-state index in [1.807, 2.05) is 0 Å². The van der Waals surface area contributed by atoms with E-state index in [9.17, 15) is 9.90 Å². The van der Waals surface area contributed by atoms with E-state index >= 15 is 0 Å². The van der Waals surface area contributed by atoms with Crippen LogP contribution in [-0.4, -0.2) is 17.0 Å². The molecule has 0 saturated heterocycles. The van der Waals surface area contributed by atoms with Crippen LogP contribution in [-0.2, 0) is 4.79 Å². The quantitative estimate of drug-likeness (QED) is 0.682. The van der Waals surface area contributed by atoms with Crippen LogP contribution in [0.3, 0.4) is 0 Å². The smallest absolute Gasteiger partial charge is 0.122 e. The summed E-state index contributed by atoms with van der Waals surface area (Å²) >= 11 is 0. The molecular weight excluding hydrogens is 164 g/mol. The van der Waals surface area contributed by atoms with Gasteiger partial charge >= 0.3 is 0 Å². The molecule has 1 aliphatic carbocycles. The first-order chi connectivity index (χ1) is 6.06. The van der Waals surface area contributed by atoms with Gasteiger partial charge in [0, 0.05) is 6.42 Å². The molecule has 0 heterocycles.